The van der Waals surface area contributed by atoms with Crippen LogP contribution in [0.3, 0.4) is 0 Å². The lowest BCUT2D eigenvalue weighted by atomic mass is 10.0. The van der Waals surface area contributed by atoms with Crippen molar-refractivity contribution >= 4 is 32.4 Å². The molecule has 0 fully saturated rings. The molecule has 2 aromatic heterocycles. The molecule has 0 aliphatic heterocycles. The number of rotatable bonds is 9. The molecule has 0 aliphatic rings. The van der Waals surface area contributed by atoms with Gasteiger partial charge in [0.15, 0.2) is 0 Å². The van der Waals surface area contributed by atoms with E-state index in [4.69, 9.17) is 0 Å². The summed E-state index contributed by atoms with van der Waals surface area (Å²) in [5.74, 6) is -0.0837. The SMILES string of the molecule is CCN(CC)S(=O)(=O)c1ccc(=O)n(CC(=O)Nc2nnc(-c3ccc(C(C)C)cc3)s2)c1. The van der Waals surface area contributed by atoms with Gasteiger partial charge in [0, 0.05) is 30.9 Å². The number of carbonyl (C=O) groups excluding carboxylic acids is 1. The topological polar surface area (TPSA) is 114 Å². The minimum Gasteiger partial charge on any atom is -0.305 e. The Morgan fingerprint density at radius 1 is 1.09 bits per heavy atom. The predicted octanol–water partition coefficient (Wildman–Crippen LogP) is 3.16. The van der Waals surface area contributed by atoms with E-state index in [0.29, 0.717) is 29.1 Å². The summed E-state index contributed by atoms with van der Waals surface area (Å²) in [6, 6.07) is 10.4. The van der Waals surface area contributed by atoms with Crippen LogP contribution in [0.5, 0.6) is 0 Å². The summed E-state index contributed by atoms with van der Waals surface area (Å²) in [6.45, 7) is 7.97. The van der Waals surface area contributed by atoms with Gasteiger partial charge >= 0.3 is 0 Å². The molecule has 2 heterocycles. The first-order chi connectivity index (χ1) is 15.6. The van der Waals surface area contributed by atoms with Crippen LogP contribution in [-0.2, 0) is 21.4 Å². The highest BCUT2D eigenvalue weighted by atomic mass is 32.2. The molecule has 3 aromatic rings. The molecule has 33 heavy (non-hydrogen) atoms. The molecule has 0 saturated heterocycles. The maximum atomic E-state index is 12.7. The zero-order valence-electron chi connectivity index (χ0n) is 19.0. The second kappa shape index (κ2) is 10.4. The van der Waals surface area contributed by atoms with E-state index in [-0.39, 0.29) is 11.4 Å². The Hall–Kier alpha value is -2.89. The lowest BCUT2D eigenvalue weighted by molar-refractivity contribution is -0.116. The van der Waals surface area contributed by atoms with Gasteiger partial charge in [-0.05, 0) is 17.5 Å². The van der Waals surface area contributed by atoms with Gasteiger partial charge in [0.05, 0.1) is 4.90 Å². The predicted molar refractivity (Wildman–Crippen MR) is 129 cm³/mol. The number of hydrogen-bond acceptors (Lipinski definition) is 7. The minimum absolute atomic E-state index is 0.0401. The molecule has 1 amide bonds. The van der Waals surface area contributed by atoms with Crippen molar-refractivity contribution in [2.75, 3.05) is 18.4 Å². The normalized spacial score (nSPS) is 11.8. The zero-order chi connectivity index (χ0) is 24.2. The molecule has 0 saturated carbocycles. The van der Waals surface area contributed by atoms with Crippen LogP contribution in [0.4, 0.5) is 5.13 Å². The fourth-order valence-corrected chi connectivity index (χ4v) is 5.46. The van der Waals surface area contributed by atoms with Crippen molar-refractivity contribution in [2.45, 2.75) is 45.1 Å². The van der Waals surface area contributed by atoms with E-state index in [1.54, 1.807) is 13.8 Å². The third-order valence-corrected chi connectivity index (χ3v) is 8.03. The maximum Gasteiger partial charge on any atom is 0.251 e. The maximum absolute atomic E-state index is 12.7. The summed E-state index contributed by atoms with van der Waals surface area (Å²) in [5.41, 5.74) is 1.63. The first-order valence-corrected chi connectivity index (χ1v) is 12.9. The van der Waals surface area contributed by atoms with Crippen molar-refractivity contribution in [3.05, 3.63) is 58.5 Å². The van der Waals surface area contributed by atoms with Gasteiger partial charge < -0.3 is 4.57 Å². The van der Waals surface area contributed by atoms with Crippen LogP contribution in [0.2, 0.25) is 0 Å². The number of nitrogens with one attached hydrogen (secondary N) is 1. The molecule has 1 aromatic carbocycles. The van der Waals surface area contributed by atoms with Crippen molar-refractivity contribution in [3.63, 3.8) is 0 Å². The van der Waals surface area contributed by atoms with Crippen LogP contribution in [0.15, 0.2) is 52.3 Å². The molecule has 1 N–H and O–H groups in total. The quantitative estimate of drug-likeness (QED) is 0.494. The van der Waals surface area contributed by atoms with Gasteiger partial charge in [-0.25, -0.2) is 8.42 Å². The monoisotopic (exact) mass is 489 g/mol. The van der Waals surface area contributed by atoms with Crippen LogP contribution in [-0.4, -0.2) is 46.5 Å². The third kappa shape index (κ3) is 5.73. The molecule has 176 valence electrons. The number of aromatic nitrogens is 3. The second-order valence-electron chi connectivity index (χ2n) is 7.66. The molecule has 0 spiro atoms. The molecule has 0 unspecified atom stereocenters. The van der Waals surface area contributed by atoms with E-state index in [2.05, 4.69) is 29.4 Å². The lowest BCUT2D eigenvalue weighted by Crippen LogP contribution is -2.33. The summed E-state index contributed by atoms with van der Waals surface area (Å²) in [7, 11) is -3.75. The first-order valence-electron chi connectivity index (χ1n) is 10.6. The fourth-order valence-electron chi connectivity index (χ4n) is 3.21. The van der Waals surface area contributed by atoms with Crippen LogP contribution in [0, 0.1) is 0 Å². The van der Waals surface area contributed by atoms with Crippen LogP contribution >= 0.6 is 11.3 Å². The van der Waals surface area contributed by atoms with Gasteiger partial charge in [0.1, 0.15) is 11.6 Å². The van der Waals surface area contributed by atoms with E-state index in [0.717, 1.165) is 16.2 Å². The summed E-state index contributed by atoms with van der Waals surface area (Å²) in [6.07, 6.45) is 1.19. The van der Waals surface area contributed by atoms with Gasteiger partial charge in [-0.3, -0.25) is 14.9 Å². The van der Waals surface area contributed by atoms with E-state index in [9.17, 15) is 18.0 Å². The average Bonchev–Trinajstić information content (AvgIpc) is 3.24. The van der Waals surface area contributed by atoms with Gasteiger partial charge in [-0.2, -0.15) is 4.31 Å². The molecular weight excluding hydrogens is 462 g/mol. The summed E-state index contributed by atoms with van der Waals surface area (Å²) >= 11 is 1.22. The Balaban J connectivity index is 1.73. The minimum atomic E-state index is -3.75. The first kappa shape index (κ1) is 24.7. The third-order valence-electron chi connectivity index (χ3n) is 5.11. The molecule has 0 radical (unpaired) electrons. The standard InChI is InChI=1S/C22H27N5O4S2/c1-5-27(6-2)33(30,31)18-11-12-20(29)26(13-18)14-19(28)23-22-25-24-21(32-22)17-9-7-16(8-10-17)15(3)4/h7-13,15H,5-6,14H2,1-4H3,(H,23,25,28). The van der Waals surface area contributed by atoms with E-state index < -0.39 is 21.5 Å². The Bertz CT molecular complexity index is 1280. The van der Waals surface area contributed by atoms with Crippen molar-refractivity contribution < 1.29 is 13.2 Å². The van der Waals surface area contributed by atoms with E-state index in [1.165, 1.54) is 33.5 Å². The highest BCUT2D eigenvalue weighted by Gasteiger charge is 2.22. The number of hydrogen-bond donors (Lipinski definition) is 1. The molecule has 0 aliphatic carbocycles. The van der Waals surface area contributed by atoms with Gasteiger partial charge in [0.25, 0.3) is 5.56 Å². The summed E-state index contributed by atoms with van der Waals surface area (Å²) in [5, 5.41) is 11.7. The second-order valence-corrected chi connectivity index (χ2v) is 10.6. The average molecular weight is 490 g/mol. The summed E-state index contributed by atoms with van der Waals surface area (Å²) in [4.78, 5) is 24.7. The smallest absolute Gasteiger partial charge is 0.251 e. The molecule has 11 heteroatoms. The molecular formula is C22H27N5O4S2. The van der Waals surface area contributed by atoms with E-state index >= 15 is 0 Å². The number of sulfonamides is 1. The Kier molecular flexibility index (Phi) is 7.77. The van der Waals surface area contributed by atoms with E-state index in [1.807, 2.05) is 24.3 Å². The number of anilines is 1. The number of nitrogens with zero attached hydrogens (tertiary/aromatic N) is 4. The Morgan fingerprint density at radius 2 is 1.76 bits per heavy atom. The number of pyridine rings is 1. The lowest BCUT2D eigenvalue weighted by Gasteiger charge is -2.18. The number of amides is 1. The number of benzene rings is 1. The van der Waals surface area contributed by atoms with Gasteiger partial charge in [0.2, 0.25) is 21.1 Å². The molecule has 9 nitrogen and oxygen atoms in total. The Morgan fingerprint density at radius 3 is 2.36 bits per heavy atom. The molecule has 0 atom stereocenters. The van der Waals surface area contributed by atoms with Crippen LogP contribution in [0.25, 0.3) is 10.6 Å². The van der Waals surface area contributed by atoms with Crippen LogP contribution < -0.4 is 10.9 Å². The summed E-state index contributed by atoms with van der Waals surface area (Å²) < 4.78 is 27.8. The van der Waals surface area contributed by atoms with Crippen molar-refractivity contribution in [1.29, 1.82) is 0 Å². The largest absolute Gasteiger partial charge is 0.305 e. The van der Waals surface area contributed by atoms with Crippen molar-refractivity contribution in [2.24, 2.45) is 0 Å². The van der Waals surface area contributed by atoms with Gasteiger partial charge in [-0.1, -0.05) is 63.3 Å². The highest BCUT2D eigenvalue weighted by Crippen LogP contribution is 2.27. The zero-order valence-corrected chi connectivity index (χ0v) is 20.6. The van der Waals surface area contributed by atoms with Crippen LogP contribution in [0.1, 0.15) is 39.2 Å². The molecule has 0 bridgehead atoms. The fraction of sp³-hybridized carbons (Fsp3) is 0.364. The highest BCUT2D eigenvalue weighted by molar-refractivity contribution is 7.89. The molecule has 3 rings (SSSR count). The van der Waals surface area contributed by atoms with Gasteiger partial charge in [-0.15, -0.1) is 10.2 Å². The van der Waals surface area contributed by atoms with Crippen molar-refractivity contribution in [3.8, 4) is 10.6 Å². The Labute approximate surface area is 197 Å². The van der Waals surface area contributed by atoms with Crippen molar-refractivity contribution in [1.82, 2.24) is 19.1 Å². The number of carbonyl (C=O) groups is 1.